The molecule has 0 aromatic rings. The number of ketones is 1. The Kier molecular flexibility index (Phi) is 4.31. The van der Waals surface area contributed by atoms with Crippen LogP contribution in [0.5, 0.6) is 0 Å². The minimum atomic E-state index is -0.901. The molecule has 1 nitrogen and oxygen atoms in total. The molecule has 1 fully saturated rings. The van der Waals surface area contributed by atoms with E-state index in [0.717, 1.165) is 5.75 Å². The van der Waals surface area contributed by atoms with Gasteiger partial charge in [0.1, 0.15) is 10.1 Å². The number of Topliss-reactive ketones (excluding diaryl/α,β-unsaturated/α-hetero) is 1. The van der Waals surface area contributed by atoms with Gasteiger partial charge in [-0.15, -0.1) is 11.6 Å². The molecular weight excluding hydrogens is 275 g/mol. The lowest BCUT2D eigenvalue weighted by Gasteiger charge is -2.33. The fraction of sp³-hybridized carbons (Fsp3) is 0.900. The van der Waals surface area contributed by atoms with Crippen molar-refractivity contribution in [1.29, 1.82) is 0 Å². The minimum Gasteiger partial charge on any atom is -0.300 e. The van der Waals surface area contributed by atoms with Crippen molar-refractivity contribution in [2.45, 2.75) is 41.6 Å². The number of rotatable bonds is 3. The van der Waals surface area contributed by atoms with Crippen molar-refractivity contribution >= 4 is 52.3 Å². The van der Waals surface area contributed by atoms with Gasteiger partial charge >= 0.3 is 0 Å². The van der Waals surface area contributed by atoms with Gasteiger partial charge in [-0.2, -0.15) is 11.8 Å². The molecule has 5 heteroatoms. The van der Waals surface area contributed by atoms with Crippen molar-refractivity contribution in [3.05, 3.63) is 0 Å². The van der Waals surface area contributed by atoms with Gasteiger partial charge in [0.2, 0.25) is 0 Å². The summed E-state index contributed by atoms with van der Waals surface area (Å²) >= 11 is 20.6. The summed E-state index contributed by atoms with van der Waals surface area (Å²) in [5, 5.41) is -0.0404. The van der Waals surface area contributed by atoms with Crippen LogP contribution in [-0.2, 0) is 4.79 Å². The standard InChI is InChI=1S/C10H15Cl3OS/c1-6(14)4-8-10(12,13)7(5-15-8)9(2,3)11/h7-8H,4-5H2,1-3H3/t7-,8-/m0/s1. The summed E-state index contributed by atoms with van der Waals surface area (Å²) in [5.74, 6) is 0.928. The Morgan fingerprint density at radius 2 is 2.07 bits per heavy atom. The van der Waals surface area contributed by atoms with Crippen molar-refractivity contribution in [3.63, 3.8) is 0 Å². The average molecular weight is 290 g/mol. The van der Waals surface area contributed by atoms with Crippen molar-refractivity contribution < 1.29 is 4.79 Å². The normalized spacial score (nSPS) is 30.5. The van der Waals surface area contributed by atoms with Crippen LogP contribution < -0.4 is 0 Å². The molecule has 1 aliphatic rings. The lowest BCUT2D eigenvalue weighted by Crippen LogP contribution is -2.41. The van der Waals surface area contributed by atoms with Crippen LogP contribution in [-0.4, -0.2) is 26.0 Å². The van der Waals surface area contributed by atoms with E-state index in [1.165, 1.54) is 0 Å². The first-order chi connectivity index (χ1) is 6.65. The zero-order chi connectivity index (χ0) is 11.9. The molecule has 0 saturated carbocycles. The van der Waals surface area contributed by atoms with E-state index < -0.39 is 9.21 Å². The van der Waals surface area contributed by atoms with E-state index in [0.29, 0.717) is 6.42 Å². The molecule has 2 atom stereocenters. The number of thioether (sulfide) groups is 1. The van der Waals surface area contributed by atoms with Gasteiger partial charge in [0.15, 0.2) is 0 Å². The van der Waals surface area contributed by atoms with E-state index in [1.807, 2.05) is 13.8 Å². The number of hydrogen-bond donors (Lipinski definition) is 0. The summed E-state index contributed by atoms with van der Waals surface area (Å²) in [7, 11) is 0. The molecule has 0 unspecified atom stereocenters. The quantitative estimate of drug-likeness (QED) is 0.733. The molecular formula is C10H15Cl3OS. The van der Waals surface area contributed by atoms with Crippen LogP contribution in [0.4, 0.5) is 0 Å². The summed E-state index contributed by atoms with van der Waals surface area (Å²) in [6.07, 6.45) is 0.418. The van der Waals surface area contributed by atoms with E-state index in [4.69, 9.17) is 34.8 Å². The van der Waals surface area contributed by atoms with E-state index in [-0.39, 0.29) is 17.0 Å². The fourth-order valence-electron chi connectivity index (χ4n) is 1.77. The van der Waals surface area contributed by atoms with Crippen LogP contribution in [0, 0.1) is 5.92 Å². The van der Waals surface area contributed by atoms with Crippen molar-refractivity contribution in [2.24, 2.45) is 5.92 Å². The van der Waals surface area contributed by atoms with Gasteiger partial charge < -0.3 is 0 Å². The first-order valence-corrected chi connectivity index (χ1v) is 7.01. The van der Waals surface area contributed by atoms with E-state index in [9.17, 15) is 4.79 Å². The Morgan fingerprint density at radius 1 is 1.53 bits per heavy atom. The van der Waals surface area contributed by atoms with Crippen LogP contribution in [0.2, 0.25) is 0 Å². The third-order valence-electron chi connectivity index (χ3n) is 2.66. The Balaban J connectivity index is 2.80. The zero-order valence-electron chi connectivity index (χ0n) is 9.02. The first-order valence-electron chi connectivity index (χ1n) is 4.83. The van der Waals surface area contributed by atoms with E-state index in [1.54, 1.807) is 18.7 Å². The van der Waals surface area contributed by atoms with Gasteiger partial charge in [-0.1, -0.05) is 23.2 Å². The summed E-state index contributed by atoms with van der Waals surface area (Å²) in [4.78, 5) is 10.6. The Labute approximate surface area is 110 Å². The molecule has 0 N–H and O–H groups in total. The molecule has 1 heterocycles. The van der Waals surface area contributed by atoms with Gasteiger partial charge in [0.25, 0.3) is 0 Å². The number of alkyl halides is 3. The van der Waals surface area contributed by atoms with Gasteiger partial charge in [0, 0.05) is 28.2 Å². The molecule has 88 valence electrons. The third kappa shape index (κ3) is 3.18. The molecule has 0 bridgehead atoms. The topological polar surface area (TPSA) is 17.1 Å². The van der Waals surface area contributed by atoms with Crippen molar-refractivity contribution in [1.82, 2.24) is 0 Å². The smallest absolute Gasteiger partial charge is 0.135 e. The summed E-state index contributed by atoms with van der Waals surface area (Å²) < 4.78 is -0.901. The zero-order valence-corrected chi connectivity index (χ0v) is 12.1. The average Bonchev–Trinajstić information content (AvgIpc) is 2.24. The molecule has 0 radical (unpaired) electrons. The second-order valence-electron chi connectivity index (χ2n) is 4.52. The second-order valence-corrected chi connectivity index (χ2v) is 8.17. The monoisotopic (exact) mass is 288 g/mol. The molecule has 0 spiro atoms. The van der Waals surface area contributed by atoms with E-state index >= 15 is 0 Å². The summed E-state index contributed by atoms with van der Waals surface area (Å²) in [6, 6.07) is 0. The minimum absolute atomic E-state index is 0.00403. The second kappa shape index (κ2) is 4.64. The number of carbonyl (C=O) groups excluding carboxylic acids is 1. The van der Waals surface area contributed by atoms with E-state index in [2.05, 4.69) is 0 Å². The highest BCUT2D eigenvalue weighted by molar-refractivity contribution is 8.00. The molecule has 1 saturated heterocycles. The molecule has 15 heavy (non-hydrogen) atoms. The summed E-state index contributed by atoms with van der Waals surface area (Å²) in [6.45, 7) is 5.38. The van der Waals surface area contributed by atoms with Gasteiger partial charge in [0.05, 0.1) is 0 Å². The number of halogens is 3. The SMILES string of the molecule is CC(=O)C[C@@H]1SC[C@@H](C(C)(C)Cl)C1(Cl)Cl. The van der Waals surface area contributed by atoms with Crippen LogP contribution in [0.1, 0.15) is 27.2 Å². The fourth-order valence-corrected chi connectivity index (χ4v) is 5.48. The maximum Gasteiger partial charge on any atom is 0.135 e. The van der Waals surface area contributed by atoms with Crippen molar-refractivity contribution in [2.75, 3.05) is 5.75 Å². The predicted octanol–water partition coefficient (Wildman–Crippen LogP) is 3.89. The van der Waals surface area contributed by atoms with Crippen LogP contribution in [0.15, 0.2) is 0 Å². The van der Waals surface area contributed by atoms with Crippen LogP contribution in [0.3, 0.4) is 0 Å². The van der Waals surface area contributed by atoms with Crippen LogP contribution in [0.25, 0.3) is 0 Å². The highest BCUT2D eigenvalue weighted by Crippen LogP contribution is 2.54. The van der Waals surface area contributed by atoms with Gasteiger partial charge in [-0.25, -0.2) is 0 Å². The maximum atomic E-state index is 11.1. The molecule has 1 aliphatic heterocycles. The Hall–Kier alpha value is 0.890. The largest absolute Gasteiger partial charge is 0.300 e. The molecule has 0 aromatic heterocycles. The lowest BCUT2D eigenvalue weighted by molar-refractivity contribution is -0.117. The van der Waals surface area contributed by atoms with Crippen molar-refractivity contribution in [3.8, 4) is 0 Å². The highest BCUT2D eigenvalue weighted by Gasteiger charge is 2.53. The third-order valence-corrected chi connectivity index (χ3v) is 5.70. The highest BCUT2D eigenvalue weighted by atomic mass is 35.5. The summed E-state index contributed by atoms with van der Waals surface area (Å²) in [5.41, 5.74) is 0. The lowest BCUT2D eigenvalue weighted by atomic mass is 9.90. The predicted molar refractivity (Wildman–Crippen MR) is 69.4 cm³/mol. The van der Waals surface area contributed by atoms with Gasteiger partial charge in [-0.3, -0.25) is 4.79 Å². The maximum absolute atomic E-state index is 11.1. The molecule has 0 aromatic carbocycles. The Bertz CT molecular complexity index is 260. The molecule has 0 aliphatic carbocycles. The van der Waals surface area contributed by atoms with Crippen LogP contribution >= 0.6 is 46.6 Å². The van der Waals surface area contributed by atoms with Gasteiger partial charge in [-0.05, 0) is 20.8 Å². The number of hydrogen-bond acceptors (Lipinski definition) is 2. The molecule has 0 amide bonds. The number of carbonyl (C=O) groups is 1. The Morgan fingerprint density at radius 3 is 2.40 bits per heavy atom. The molecule has 1 rings (SSSR count). The first kappa shape index (κ1) is 14.0.